The molecular formula is C18H19BrClN. The first-order chi connectivity index (χ1) is 10.2. The third kappa shape index (κ3) is 3.18. The summed E-state index contributed by atoms with van der Waals surface area (Å²) in [7, 11) is 2.06. The summed E-state index contributed by atoms with van der Waals surface area (Å²) < 4.78 is 1.04. The number of benzene rings is 2. The molecule has 2 unspecified atom stereocenters. The molecule has 0 aromatic heterocycles. The van der Waals surface area contributed by atoms with Crippen LogP contribution in [-0.2, 0) is 12.8 Å². The van der Waals surface area contributed by atoms with E-state index in [1.165, 1.54) is 23.1 Å². The molecule has 2 atom stereocenters. The van der Waals surface area contributed by atoms with E-state index in [1.54, 1.807) is 0 Å². The quantitative estimate of drug-likeness (QED) is 0.792. The molecule has 0 saturated heterocycles. The molecule has 3 rings (SSSR count). The Labute approximate surface area is 139 Å². The number of fused-ring (bicyclic) bond motifs is 1. The molecule has 21 heavy (non-hydrogen) atoms. The van der Waals surface area contributed by atoms with Crippen LogP contribution in [-0.4, -0.2) is 7.05 Å². The lowest BCUT2D eigenvalue weighted by molar-refractivity contribution is 0.335. The van der Waals surface area contributed by atoms with E-state index in [4.69, 9.17) is 11.6 Å². The number of rotatable bonds is 3. The fraction of sp³-hybridized carbons (Fsp3) is 0.333. The highest BCUT2D eigenvalue weighted by atomic mass is 79.9. The van der Waals surface area contributed by atoms with Crippen LogP contribution in [0.3, 0.4) is 0 Å². The van der Waals surface area contributed by atoms with Crippen LogP contribution in [0, 0.1) is 5.92 Å². The second kappa shape index (κ2) is 6.51. The predicted octanol–water partition coefficient (Wildman–Crippen LogP) is 5.17. The number of aryl methyl sites for hydroxylation is 1. The molecule has 0 saturated carbocycles. The summed E-state index contributed by atoms with van der Waals surface area (Å²) >= 11 is 9.86. The van der Waals surface area contributed by atoms with E-state index < -0.39 is 0 Å². The summed E-state index contributed by atoms with van der Waals surface area (Å²) in [5.41, 5.74) is 4.17. The molecule has 1 N–H and O–H groups in total. The Morgan fingerprint density at radius 2 is 2.05 bits per heavy atom. The monoisotopic (exact) mass is 363 g/mol. The van der Waals surface area contributed by atoms with Crippen molar-refractivity contribution < 1.29 is 0 Å². The first kappa shape index (κ1) is 15.1. The van der Waals surface area contributed by atoms with Gasteiger partial charge in [-0.1, -0.05) is 57.9 Å². The number of hydrogen-bond acceptors (Lipinski definition) is 1. The molecule has 1 nitrogen and oxygen atoms in total. The minimum absolute atomic E-state index is 0.412. The van der Waals surface area contributed by atoms with Gasteiger partial charge >= 0.3 is 0 Å². The van der Waals surface area contributed by atoms with E-state index >= 15 is 0 Å². The van der Waals surface area contributed by atoms with E-state index in [9.17, 15) is 0 Å². The maximum absolute atomic E-state index is 6.39. The van der Waals surface area contributed by atoms with Gasteiger partial charge in [-0.2, -0.15) is 0 Å². The lowest BCUT2D eigenvalue weighted by Crippen LogP contribution is -2.31. The maximum atomic E-state index is 6.39. The summed E-state index contributed by atoms with van der Waals surface area (Å²) in [5.74, 6) is 0.587. The fourth-order valence-electron chi connectivity index (χ4n) is 3.41. The maximum Gasteiger partial charge on any atom is 0.0449 e. The molecule has 3 heteroatoms. The van der Waals surface area contributed by atoms with Crippen molar-refractivity contribution >= 4 is 27.5 Å². The molecule has 0 radical (unpaired) electrons. The Bertz CT molecular complexity index is 641. The van der Waals surface area contributed by atoms with E-state index in [1.807, 2.05) is 6.07 Å². The van der Waals surface area contributed by atoms with Gasteiger partial charge in [-0.05, 0) is 61.1 Å². The summed E-state index contributed by atoms with van der Waals surface area (Å²) in [6.07, 6.45) is 3.38. The second-order valence-corrected chi connectivity index (χ2v) is 7.03. The first-order valence-electron chi connectivity index (χ1n) is 7.38. The zero-order valence-corrected chi connectivity index (χ0v) is 14.4. The third-order valence-electron chi connectivity index (χ3n) is 4.45. The zero-order chi connectivity index (χ0) is 14.8. The SMILES string of the molecule is CNC1c2ccccc2CCC1Cc1ccc(Br)cc1Cl. The standard InChI is InChI=1S/C18H19BrClN/c1-21-18-14(7-6-12-4-2-3-5-16(12)18)10-13-8-9-15(19)11-17(13)20/h2-5,8-9,11,14,18,21H,6-7,10H2,1H3. The topological polar surface area (TPSA) is 12.0 Å². The third-order valence-corrected chi connectivity index (χ3v) is 5.30. The summed E-state index contributed by atoms with van der Waals surface area (Å²) in [6, 6.07) is 15.4. The highest BCUT2D eigenvalue weighted by molar-refractivity contribution is 9.10. The molecular weight excluding hydrogens is 346 g/mol. The van der Waals surface area contributed by atoms with E-state index in [0.29, 0.717) is 12.0 Å². The van der Waals surface area contributed by atoms with Gasteiger partial charge in [0.25, 0.3) is 0 Å². The predicted molar refractivity (Wildman–Crippen MR) is 92.9 cm³/mol. The molecule has 0 spiro atoms. The van der Waals surface area contributed by atoms with Crippen molar-refractivity contribution in [3.05, 3.63) is 68.7 Å². The average Bonchev–Trinajstić information content (AvgIpc) is 2.49. The minimum Gasteiger partial charge on any atom is -0.313 e. The van der Waals surface area contributed by atoms with Gasteiger partial charge in [0.2, 0.25) is 0 Å². The van der Waals surface area contributed by atoms with E-state index in [0.717, 1.165) is 22.3 Å². The van der Waals surface area contributed by atoms with Gasteiger partial charge in [0.15, 0.2) is 0 Å². The molecule has 0 bridgehead atoms. The smallest absolute Gasteiger partial charge is 0.0449 e. The van der Waals surface area contributed by atoms with Gasteiger partial charge in [-0.25, -0.2) is 0 Å². The van der Waals surface area contributed by atoms with Gasteiger partial charge in [-0.3, -0.25) is 0 Å². The van der Waals surface area contributed by atoms with Crippen LogP contribution in [0.15, 0.2) is 46.9 Å². The van der Waals surface area contributed by atoms with Crippen molar-refractivity contribution in [3.8, 4) is 0 Å². The highest BCUT2D eigenvalue weighted by Crippen LogP contribution is 2.37. The number of halogens is 2. The van der Waals surface area contributed by atoms with E-state index in [2.05, 4.69) is 64.7 Å². The number of hydrogen-bond donors (Lipinski definition) is 1. The normalized spacial score (nSPS) is 21.1. The van der Waals surface area contributed by atoms with Crippen molar-refractivity contribution in [2.24, 2.45) is 5.92 Å². The van der Waals surface area contributed by atoms with Crippen molar-refractivity contribution in [1.29, 1.82) is 0 Å². The van der Waals surface area contributed by atoms with Crippen LogP contribution in [0.4, 0.5) is 0 Å². The fourth-order valence-corrected chi connectivity index (χ4v) is 4.16. The molecule has 1 aliphatic carbocycles. The molecule has 2 aromatic carbocycles. The molecule has 0 amide bonds. The van der Waals surface area contributed by atoms with Gasteiger partial charge in [0.1, 0.15) is 0 Å². The summed E-state index contributed by atoms with van der Waals surface area (Å²) in [4.78, 5) is 0. The molecule has 0 aliphatic heterocycles. The van der Waals surface area contributed by atoms with Crippen LogP contribution in [0.1, 0.15) is 29.2 Å². The lowest BCUT2D eigenvalue weighted by Gasteiger charge is -2.34. The summed E-state index contributed by atoms with van der Waals surface area (Å²) in [6.45, 7) is 0. The van der Waals surface area contributed by atoms with Crippen LogP contribution in [0.5, 0.6) is 0 Å². The molecule has 2 aromatic rings. The Kier molecular flexibility index (Phi) is 4.68. The zero-order valence-electron chi connectivity index (χ0n) is 12.1. The van der Waals surface area contributed by atoms with Crippen LogP contribution >= 0.6 is 27.5 Å². The minimum atomic E-state index is 0.412. The largest absolute Gasteiger partial charge is 0.313 e. The van der Waals surface area contributed by atoms with Crippen LogP contribution in [0.25, 0.3) is 0 Å². The van der Waals surface area contributed by atoms with E-state index in [-0.39, 0.29) is 0 Å². The van der Waals surface area contributed by atoms with Crippen molar-refractivity contribution in [2.45, 2.75) is 25.3 Å². The van der Waals surface area contributed by atoms with Crippen molar-refractivity contribution in [2.75, 3.05) is 7.05 Å². The average molecular weight is 365 g/mol. The molecule has 1 aliphatic rings. The Morgan fingerprint density at radius 1 is 1.24 bits per heavy atom. The van der Waals surface area contributed by atoms with Gasteiger partial charge in [-0.15, -0.1) is 0 Å². The Hall–Kier alpha value is -0.830. The Balaban J connectivity index is 1.86. The molecule has 0 heterocycles. The van der Waals surface area contributed by atoms with Crippen LogP contribution < -0.4 is 5.32 Å². The molecule has 110 valence electrons. The van der Waals surface area contributed by atoms with Crippen LogP contribution in [0.2, 0.25) is 5.02 Å². The van der Waals surface area contributed by atoms with Crippen molar-refractivity contribution in [3.63, 3.8) is 0 Å². The van der Waals surface area contributed by atoms with Gasteiger partial charge in [0.05, 0.1) is 0 Å². The lowest BCUT2D eigenvalue weighted by atomic mass is 9.77. The molecule has 0 fully saturated rings. The highest BCUT2D eigenvalue weighted by Gasteiger charge is 2.28. The van der Waals surface area contributed by atoms with Gasteiger partial charge in [0, 0.05) is 15.5 Å². The van der Waals surface area contributed by atoms with Crippen molar-refractivity contribution in [1.82, 2.24) is 5.32 Å². The second-order valence-electron chi connectivity index (χ2n) is 5.70. The first-order valence-corrected chi connectivity index (χ1v) is 8.55. The summed E-state index contributed by atoms with van der Waals surface area (Å²) in [5, 5.41) is 4.37. The number of nitrogens with one attached hydrogen (secondary N) is 1. The Morgan fingerprint density at radius 3 is 2.81 bits per heavy atom. The van der Waals surface area contributed by atoms with Gasteiger partial charge < -0.3 is 5.32 Å².